The summed E-state index contributed by atoms with van der Waals surface area (Å²) in [5, 5.41) is 18.3. The van der Waals surface area contributed by atoms with Crippen LogP contribution in [0.5, 0.6) is 0 Å². The molecule has 2 aromatic carbocycles. The second-order valence-corrected chi connectivity index (χ2v) is 6.33. The van der Waals surface area contributed by atoms with Crippen LogP contribution in [0.15, 0.2) is 54.6 Å². The molecular formula is C20H23NO5. The van der Waals surface area contributed by atoms with Crippen LogP contribution >= 0.6 is 0 Å². The Hall–Kier alpha value is -2.54. The Morgan fingerprint density at radius 3 is 2.27 bits per heavy atom. The van der Waals surface area contributed by atoms with Gasteiger partial charge < -0.3 is 20.7 Å². The highest BCUT2D eigenvalue weighted by molar-refractivity contribution is 6.09. The molecular weight excluding hydrogens is 334 g/mol. The van der Waals surface area contributed by atoms with Gasteiger partial charge in [-0.2, -0.15) is 0 Å². The molecule has 0 bridgehead atoms. The van der Waals surface area contributed by atoms with Gasteiger partial charge in [0, 0.05) is 11.1 Å². The zero-order chi connectivity index (χ0) is 19.2. The smallest absolute Gasteiger partial charge is 0.313 e. The molecule has 0 amide bonds. The minimum absolute atomic E-state index is 0.130. The number of esters is 1. The van der Waals surface area contributed by atoms with Crippen LogP contribution in [0.2, 0.25) is 0 Å². The number of rotatable bonds is 8. The molecule has 6 nitrogen and oxygen atoms in total. The van der Waals surface area contributed by atoms with E-state index < -0.39 is 30.6 Å². The summed E-state index contributed by atoms with van der Waals surface area (Å²) in [6.07, 6.45) is 0. The SMILES string of the molecule is CC(C(=O)OCC(N)(CO)CO)c1cccc(C(=O)c2ccccc2)c1. The van der Waals surface area contributed by atoms with E-state index >= 15 is 0 Å². The van der Waals surface area contributed by atoms with E-state index in [-0.39, 0.29) is 12.4 Å². The summed E-state index contributed by atoms with van der Waals surface area (Å²) in [4.78, 5) is 24.8. The summed E-state index contributed by atoms with van der Waals surface area (Å²) in [7, 11) is 0. The van der Waals surface area contributed by atoms with Gasteiger partial charge in [-0.05, 0) is 18.6 Å². The number of hydrogen-bond acceptors (Lipinski definition) is 6. The zero-order valence-electron chi connectivity index (χ0n) is 14.6. The predicted molar refractivity (Wildman–Crippen MR) is 96.8 cm³/mol. The lowest BCUT2D eigenvalue weighted by molar-refractivity contribution is -0.148. The Balaban J connectivity index is 2.11. The maximum atomic E-state index is 12.5. The van der Waals surface area contributed by atoms with Crippen molar-refractivity contribution in [3.8, 4) is 0 Å². The monoisotopic (exact) mass is 357 g/mol. The summed E-state index contributed by atoms with van der Waals surface area (Å²) in [5.41, 5.74) is 5.99. The van der Waals surface area contributed by atoms with Crippen molar-refractivity contribution in [3.05, 3.63) is 71.3 Å². The van der Waals surface area contributed by atoms with Crippen LogP contribution in [-0.4, -0.2) is 47.3 Å². The van der Waals surface area contributed by atoms with E-state index in [0.717, 1.165) is 0 Å². The van der Waals surface area contributed by atoms with Crippen LogP contribution < -0.4 is 5.73 Å². The van der Waals surface area contributed by atoms with Crippen molar-refractivity contribution < 1.29 is 24.5 Å². The Kier molecular flexibility index (Phi) is 6.63. The molecule has 0 heterocycles. The number of nitrogens with two attached hydrogens (primary N) is 1. The normalized spacial score (nSPS) is 12.5. The van der Waals surface area contributed by atoms with Crippen LogP contribution in [-0.2, 0) is 9.53 Å². The number of carbonyl (C=O) groups is 2. The average molecular weight is 357 g/mol. The lowest BCUT2D eigenvalue weighted by atomic mass is 9.95. The highest BCUT2D eigenvalue weighted by Crippen LogP contribution is 2.20. The molecule has 0 saturated carbocycles. The van der Waals surface area contributed by atoms with E-state index in [2.05, 4.69) is 0 Å². The first kappa shape index (κ1) is 19.8. The molecule has 26 heavy (non-hydrogen) atoms. The van der Waals surface area contributed by atoms with Crippen molar-refractivity contribution in [2.45, 2.75) is 18.4 Å². The number of aliphatic hydroxyl groups is 2. The van der Waals surface area contributed by atoms with Gasteiger partial charge in [-0.1, -0.05) is 48.5 Å². The zero-order valence-corrected chi connectivity index (χ0v) is 14.6. The molecule has 0 aliphatic rings. The highest BCUT2D eigenvalue weighted by Gasteiger charge is 2.27. The number of ether oxygens (including phenoxy) is 1. The fraction of sp³-hybridized carbons (Fsp3) is 0.300. The van der Waals surface area contributed by atoms with Crippen LogP contribution in [0.3, 0.4) is 0 Å². The summed E-state index contributed by atoms with van der Waals surface area (Å²) in [6, 6.07) is 15.7. The molecule has 4 N–H and O–H groups in total. The van der Waals surface area contributed by atoms with Crippen LogP contribution in [0.25, 0.3) is 0 Å². The Morgan fingerprint density at radius 2 is 1.65 bits per heavy atom. The molecule has 1 atom stereocenters. The molecule has 0 aromatic heterocycles. The maximum absolute atomic E-state index is 12.5. The van der Waals surface area contributed by atoms with E-state index in [4.69, 9.17) is 20.7 Å². The van der Waals surface area contributed by atoms with Crippen LogP contribution in [0.4, 0.5) is 0 Å². The van der Waals surface area contributed by atoms with Gasteiger partial charge in [0.25, 0.3) is 0 Å². The van der Waals surface area contributed by atoms with Crippen LogP contribution in [0.1, 0.15) is 34.3 Å². The van der Waals surface area contributed by atoms with E-state index in [1.807, 2.05) is 6.07 Å². The molecule has 2 aromatic rings. The minimum Gasteiger partial charge on any atom is -0.463 e. The van der Waals surface area contributed by atoms with Gasteiger partial charge in [0.2, 0.25) is 0 Å². The molecule has 0 aliphatic carbocycles. The lowest BCUT2D eigenvalue weighted by Crippen LogP contribution is -2.52. The summed E-state index contributed by atoms with van der Waals surface area (Å²) in [5.74, 6) is -1.30. The fourth-order valence-electron chi connectivity index (χ4n) is 2.32. The predicted octanol–water partition coefficient (Wildman–Crippen LogP) is 1.25. The van der Waals surface area contributed by atoms with Gasteiger partial charge >= 0.3 is 5.97 Å². The van der Waals surface area contributed by atoms with E-state index in [1.54, 1.807) is 55.5 Å². The van der Waals surface area contributed by atoms with Crippen molar-refractivity contribution in [1.82, 2.24) is 0 Å². The Morgan fingerprint density at radius 1 is 1.04 bits per heavy atom. The first-order valence-electron chi connectivity index (χ1n) is 8.27. The molecule has 1 unspecified atom stereocenters. The number of benzene rings is 2. The largest absolute Gasteiger partial charge is 0.463 e. The van der Waals surface area contributed by atoms with Gasteiger partial charge in [-0.15, -0.1) is 0 Å². The third-order valence-electron chi connectivity index (χ3n) is 4.17. The summed E-state index contributed by atoms with van der Waals surface area (Å²) < 4.78 is 5.12. The Bertz CT molecular complexity index is 756. The number of carbonyl (C=O) groups excluding carboxylic acids is 2. The average Bonchev–Trinajstić information content (AvgIpc) is 2.71. The summed E-state index contributed by atoms with van der Waals surface area (Å²) in [6.45, 7) is 0.342. The summed E-state index contributed by atoms with van der Waals surface area (Å²) >= 11 is 0. The fourth-order valence-corrected chi connectivity index (χ4v) is 2.32. The van der Waals surface area contributed by atoms with Crippen LogP contribution in [0, 0.1) is 0 Å². The Labute approximate surface area is 152 Å². The minimum atomic E-state index is -1.37. The van der Waals surface area contributed by atoms with Gasteiger partial charge in [0.15, 0.2) is 5.78 Å². The topological polar surface area (TPSA) is 110 Å². The highest BCUT2D eigenvalue weighted by atomic mass is 16.5. The maximum Gasteiger partial charge on any atom is 0.313 e. The van der Waals surface area contributed by atoms with E-state index in [0.29, 0.717) is 16.7 Å². The molecule has 6 heteroatoms. The first-order valence-corrected chi connectivity index (χ1v) is 8.27. The number of hydrogen-bond donors (Lipinski definition) is 3. The molecule has 0 aliphatic heterocycles. The second-order valence-electron chi connectivity index (χ2n) is 6.33. The number of ketones is 1. The molecule has 0 radical (unpaired) electrons. The third kappa shape index (κ3) is 4.76. The lowest BCUT2D eigenvalue weighted by Gasteiger charge is -2.24. The van der Waals surface area contributed by atoms with Crippen molar-refractivity contribution in [1.29, 1.82) is 0 Å². The van der Waals surface area contributed by atoms with Gasteiger partial charge in [-0.25, -0.2) is 0 Å². The van der Waals surface area contributed by atoms with Gasteiger partial charge in [0.1, 0.15) is 6.61 Å². The van der Waals surface area contributed by atoms with E-state index in [1.165, 1.54) is 0 Å². The van der Waals surface area contributed by atoms with Crippen molar-refractivity contribution in [2.24, 2.45) is 5.73 Å². The third-order valence-corrected chi connectivity index (χ3v) is 4.17. The van der Waals surface area contributed by atoms with Crippen molar-refractivity contribution in [3.63, 3.8) is 0 Å². The van der Waals surface area contributed by atoms with Crippen molar-refractivity contribution in [2.75, 3.05) is 19.8 Å². The van der Waals surface area contributed by atoms with Gasteiger partial charge in [0.05, 0.1) is 24.7 Å². The molecule has 0 spiro atoms. The standard InChI is InChI=1S/C20H23NO5/c1-14(19(25)26-13-20(21,11-22)12-23)16-8-5-9-17(10-16)18(24)15-6-3-2-4-7-15/h2-10,14,22-23H,11-13,21H2,1H3. The molecule has 0 fully saturated rings. The van der Waals surface area contributed by atoms with E-state index in [9.17, 15) is 9.59 Å². The molecule has 138 valence electrons. The second kappa shape index (κ2) is 8.71. The van der Waals surface area contributed by atoms with Crippen molar-refractivity contribution >= 4 is 11.8 Å². The first-order chi connectivity index (χ1) is 12.4. The molecule has 2 rings (SSSR count). The van der Waals surface area contributed by atoms with Gasteiger partial charge in [-0.3, -0.25) is 9.59 Å². The molecule has 0 saturated heterocycles. The quantitative estimate of drug-likeness (QED) is 0.484. The number of aliphatic hydroxyl groups excluding tert-OH is 2.